The molecule has 0 unspecified atom stereocenters. The average molecular weight is 249 g/mol. The second kappa shape index (κ2) is 5.64. The maximum absolute atomic E-state index is 13.0. The first-order valence-electron chi connectivity index (χ1n) is 5.78. The molecule has 0 aliphatic carbocycles. The Hall–Kier alpha value is -1.88. The highest BCUT2D eigenvalue weighted by Gasteiger charge is 2.04. The molecule has 0 saturated carbocycles. The number of nitrogens with two attached hydrogens (primary N) is 1. The third kappa shape index (κ3) is 3.07. The van der Waals surface area contributed by atoms with E-state index in [0.29, 0.717) is 17.9 Å². The van der Waals surface area contributed by atoms with Gasteiger partial charge >= 0.3 is 0 Å². The fourth-order valence-electron chi connectivity index (χ4n) is 1.73. The third-order valence-corrected chi connectivity index (χ3v) is 2.65. The fraction of sp³-hybridized carbons (Fsp3) is 0.308. The molecule has 0 radical (unpaired) electrons. The van der Waals surface area contributed by atoms with Crippen LogP contribution in [0.5, 0.6) is 5.75 Å². The van der Waals surface area contributed by atoms with Crippen LogP contribution in [0, 0.1) is 5.82 Å². The SMILES string of the molecule is Cn1cc(CCOc2ccc(F)cc2CN)cn1. The van der Waals surface area contributed by atoms with E-state index in [9.17, 15) is 4.39 Å². The van der Waals surface area contributed by atoms with Crippen LogP contribution in [0.3, 0.4) is 0 Å². The van der Waals surface area contributed by atoms with Crippen molar-refractivity contribution in [3.05, 3.63) is 47.5 Å². The summed E-state index contributed by atoms with van der Waals surface area (Å²) in [6.07, 6.45) is 4.50. The Morgan fingerprint density at radius 3 is 2.94 bits per heavy atom. The predicted molar refractivity (Wildman–Crippen MR) is 66.7 cm³/mol. The topological polar surface area (TPSA) is 53.1 Å². The largest absolute Gasteiger partial charge is 0.493 e. The van der Waals surface area contributed by atoms with Crippen LogP contribution in [0.2, 0.25) is 0 Å². The summed E-state index contributed by atoms with van der Waals surface area (Å²) in [5.41, 5.74) is 7.33. The van der Waals surface area contributed by atoms with Gasteiger partial charge in [0.15, 0.2) is 0 Å². The van der Waals surface area contributed by atoms with E-state index in [1.165, 1.54) is 12.1 Å². The Bertz CT molecular complexity index is 525. The molecule has 0 amide bonds. The van der Waals surface area contributed by atoms with Gasteiger partial charge in [0.25, 0.3) is 0 Å². The Morgan fingerprint density at radius 2 is 2.28 bits per heavy atom. The van der Waals surface area contributed by atoms with E-state index in [1.807, 2.05) is 13.2 Å². The van der Waals surface area contributed by atoms with Crippen LogP contribution in [-0.4, -0.2) is 16.4 Å². The highest BCUT2D eigenvalue weighted by atomic mass is 19.1. The van der Waals surface area contributed by atoms with Gasteiger partial charge in [0, 0.05) is 31.8 Å². The van der Waals surface area contributed by atoms with Crippen molar-refractivity contribution in [2.75, 3.05) is 6.61 Å². The van der Waals surface area contributed by atoms with Crippen LogP contribution in [0.15, 0.2) is 30.6 Å². The molecule has 1 heterocycles. The molecule has 0 atom stereocenters. The second-order valence-corrected chi connectivity index (χ2v) is 4.08. The van der Waals surface area contributed by atoms with E-state index in [2.05, 4.69) is 5.10 Å². The van der Waals surface area contributed by atoms with E-state index in [1.54, 1.807) is 16.9 Å². The van der Waals surface area contributed by atoms with E-state index in [4.69, 9.17) is 10.5 Å². The van der Waals surface area contributed by atoms with Gasteiger partial charge in [0.1, 0.15) is 11.6 Å². The molecule has 5 heteroatoms. The van der Waals surface area contributed by atoms with Crippen LogP contribution < -0.4 is 10.5 Å². The normalized spacial score (nSPS) is 10.6. The quantitative estimate of drug-likeness (QED) is 0.876. The molecule has 2 rings (SSSR count). The lowest BCUT2D eigenvalue weighted by molar-refractivity contribution is 0.318. The van der Waals surface area contributed by atoms with Crippen molar-refractivity contribution < 1.29 is 9.13 Å². The van der Waals surface area contributed by atoms with Crippen molar-refractivity contribution in [1.29, 1.82) is 0 Å². The summed E-state index contributed by atoms with van der Waals surface area (Å²) in [7, 11) is 1.87. The summed E-state index contributed by atoms with van der Waals surface area (Å²) in [6.45, 7) is 0.782. The number of halogens is 1. The molecule has 2 N–H and O–H groups in total. The summed E-state index contributed by atoms with van der Waals surface area (Å²) in [6, 6.07) is 4.39. The number of rotatable bonds is 5. The maximum atomic E-state index is 13.0. The van der Waals surface area contributed by atoms with Crippen LogP contribution in [0.1, 0.15) is 11.1 Å². The van der Waals surface area contributed by atoms with E-state index < -0.39 is 0 Å². The molecular formula is C13H16FN3O. The van der Waals surface area contributed by atoms with E-state index in [0.717, 1.165) is 12.0 Å². The Kier molecular flexibility index (Phi) is 3.94. The summed E-state index contributed by atoms with van der Waals surface area (Å²) in [5, 5.41) is 4.08. The molecule has 0 aliphatic rings. The monoisotopic (exact) mass is 249 g/mol. The number of benzene rings is 1. The summed E-state index contributed by atoms with van der Waals surface area (Å²) in [5.74, 6) is 0.345. The molecule has 0 bridgehead atoms. The number of aromatic nitrogens is 2. The number of hydrogen-bond donors (Lipinski definition) is 1. The first-order valence-corrected chi connectivity index (χ1v) is 5.78. The minimum absolute atomic E-state index is 0.264. The number of hydrogen-bond acceptors (Lipinski definition) is 3. The minimum Gasteiger partial charge on any atom is -0.493 e. The molecule has 0 fully saturated rings. The lowest BCUT2D eigenvalue weighted by Gasteiger charge is -2.09. The van der Waals surface area contributed by atoms with Gasteiger partial charge in [0.2, 0.25) is 0 Å². The second-order valence-electron chi connectivity index (χ2n) is 4.08. The van der Waals surface area contributed by atoms with E-state index >= 15 is 0 Å². The maximum Gasteiger partial charge on any atom is 0.123 e. The van der Waals surface area contributed by atoms with Crippen LogP contribution >= 0.6 is 0 Å². The Labute approximate surface area is 105 Å². The standard InChI is InChI=1S/C13H16FN3O/c1-17-9-10(8-16-17)4-5-18-13-3-2-12(14)6-11(13)7-15/h2-3,6,8-9H,4-5,7,15H2,1H3. The first kappa shape index (κ1) is 12.6. The molecule has 0 aliphatic heterocycles. The number of nitrogens with zero attached hydrogens (tertiary/aromatic N) is 2. The van der Waals surface area contributed by atoms with Crippen LogP contribution in [-0.2, 0) is 20.0 Å². The molecule has 4 nitrogen and oxygen atoms in total. The molecule has 1 aromatic carbocycles. The summed E-state index contributed by atoms with van der Waals surface area (Å²) >= 11 is 0. The highest BCUT2D eigenvalue weighted by Crippen LogP contribution is 2.19. The minimum atomic E-state index is -0.296. The Morgan fingerprint density at radius 1 is 1.44 bits per heavy atom. The molecule has 18 heavy (non-hydrogen) atoms. The number of aryl methyl sites for hydroxylation is 1. The molecule has 96 valence electrons. The third-order valence-electron chi connectivity index (χ3n) is 2.65. The van der Waals surface area contributed by atoms with Crippen molar-refractivity contribution in [2.24, 2.45) is 12.8 Å². The Balaban J connectivity index is 1.94. The van der Waals surface area contributed by atoms with Crippen LogP contribution in [0.25, 0.3) is 0 Å². The molecule has 2 aromatic rings. The zero-order valence-corrected chi connectivity index (χ0v) is 10.3. The average Bonchev–Trinajstić information content (AvgIpc) is 2.77. The van der Waals surface area contributed by atoms with E-state index in [-0.39, 0.29) is 12.4 Å². The van der Waals surface area contributed by atoms with Gasteiger partial charge in [-0.05, 0) is 23.8 Å². The predicted octanol–water partition coefficient (Wildman–Crippen LogP) is 1.64. The fourth-order valence-corrected chi connectivity index (χ4v) is 1.73. The summed E-state index contributed by atoms with van der Waals surface area (Å²) < 4.78 is 20.4. The van der Waals surface area contributed by atoms with Gasteiger partial charge in [-0.15, -0.1) is 0 Å². The molecule has 1 aromatic heterocycles. The van der Waals surface area contributed by atoms with Gasteiger partial charge in [0.05, 0.1) is 12.8 Å². The first-order chi connectivity index (χ1) is 8.69. The van der Waals surface area contributed by atoms with Crippen molar-refractivity contribution in [1.82, 2.24) is 9.78 Å². The lowest BCUT2D eigenvalue weighted by atomic mass is 10.2. The molecular weight excluding hydrogens is 233 g/mol. The molecule has 0 saturated heterocycles. The lowest BCUT2D eigenvalue weighted by Crippen LogP contribution is -2.06. The van der Waals surface area contributed by atoms with Crippen LogP contribution in [0.4, 0.5) is 4.39 Å². The zero-order chi connectivity index (χ0) is 13.0. The van der Waals surface area contributed by atoms with Crippen molar-refractivity contribution in [2.45, 2.75) is 13.0 Å². The van der Waals surface area contributed by atoms with Gasteiger partial charge in [-0.1, -0.05) is 0 Å². The van der Waals surface area contributed by atoms with Crippen molar-refractivity contribution in [3.8, 4) is 5.75 Å². The molecule has 0 spiro atoms. The van der Waals surface area contributed by atoms with Crippen molar-refractivity contribution >= 4 is 0 Å². The zero-order valence-electron chi connectivity index (χ0n) is 10.3. The number of ether oxygens (including phenoxy) is 1. The summed E-state index contributed by atoms with van der Waals surface area (Å²) in [4.78, 5) is 0. The van der Waals surface area contributed by atoms with Gasteiger partial charge in [-0.2, -0.15) is 5.10 Å². The van der Waals surface area contributed by atoms with Gasteiger partial charge in [-0.25, -0.2) is 4.39 Å². The van der Waals surface area contributed by atoms with Gasteiger partial charge < -0.3 is 10.5 Å². The highest BCUT2D eigenvalue weighted by molar-refractivity contribution is 5.33. The van der Waals surface area contributed by atoms with Gasteiger partial charge in [-0.3, -0.25) is 4.68 Å². The smallest absolute Gasteiger partial charge is 0.123 e. The van der Waals surface area contributed by atoms with Crippen molar-refractivity contribution in [3.63, 3.8) is 0 Å².